The molecule has 0 aliphatic carbocycles. The summed E-state index contributed by atoms with van der Waals surface area (Å²) in [5.41, 5.74) is 0. The molecule has 0 atom stereocenters. The van der Waals surface area contributed by atoms with Crippen LogP contribution < -0.4 is 10.2 Å². The number of rotatable bonds is 7. The van der Waals surface area contributed by atoms with E-state index in [0.29, 0.717) is 18.4 Å². The van der Waals surface area contributed by atoms with Gasteiger partial charge in [0.15, 0.2) is 0 Å². The highest BCUT2D eigenvalue weighted by Crippen LogP contribution is 2.08. The summed E-state index contributed by atoms with van der Waals surface area (Å²) in [6.07, 6.45) is 1.79. The molecule has 0 aliphatic rings. The smallest absolute Gasteiger partial charge is 0.266 e. The van der Waals surface area contributed by atoms with Gasteiger partial charge in [0.05, 0.1) is 6.54 Å². The van der Waals surface area contributed by atoms with Gasteiger partial charge < -0.3 is 14.7 Å². The van der Waals surface area contributed by atoms with Crippen molar-refractivity contribution in [2.24, 2.45) is 0 Å². The van der Waals surface area contributed by atoms with E-state index in [9.17, 15) is 0 Å². The fourth-order valence-corrected chi connectivity index (χ4v) is 1.23. The van der Waals surface area contributed by atoms with Gasteiger partial charge in [-0.1, -0.05) is 6.08 Å². The van der Waals surface area contributed by atoms with Gasteiger partial charge in [-0.05, 0) is 19.0 Å². The monoisotopic (exact) mass is 210 g/mol. The SMILES string of the molecule is C=CCNCc1nc(N(CC)CC)no1. The third-order valence-corrected chi connectivity index (χ3v) is 2.07. The number of hydrogen-bond acceptors (Lipinski definition) is 5. The molecule has 0 aromatic carbocycles. The molecule has 5 nitrogen and oxygen atoms in total. The zero-order chi connectivity index (χ0) is 11.1. The first-order valence-corrected chi connectivity index (χ1v) is 5.20. The standard InChI is InChI=1S/C10H18N4O/c1-4-7-11-8-9-12-10(13-15-9)14(5-2)6-3/h4,11H,1,5-8H2,2-3H3. The van der Waals surface area contributed by atoms with Crippen molar-refractivity contribution in [1.82, 2.24) is 15.5 Å². The highest BCUT2D eigenvalue weighted by molar-refractivity contribution is 5.26. The highest BCUT2D eigenvalue weighted by Gasteiger charge is 2.10. The van der Waals surface area contributed by atoms with Crippen LogP contribution in [0.3, 0.4) is 0 Å². The van der Waals surface area contributed by atoms with E-state index < -0.39 is 0 Å². The van der Waals surface area contributed by atoms with Crippen molar-refractivity contribution < 1.29 is 4.52 Å². The third kappa shape index (κ3) is 3.36. The largest absolute Gasteiger partial charge is 0.339 e. The predicted molar refractivity (Wildman–Crippen MR) is 59.8 cm³/mol. The molecule has 1 aromatic heterocycles. The van der Waals surface area contributed by atoms with Gasteiger partial charge in [-0.25, -0.2) is 0 Å². The van der Waals surface area contributed by atoms with Crippen LogP contribution in [0, 0.1) is 0 Å². The maximum absolute atomic E-state index is 5.10. The van der Waals surface area contributed by atoms with Gasteiger partial charge in [0.25, 0.3) is 5.95 Å². The molecule has 0 aliphatic heterocycles. The van der Waals surface area contributed by atoms with E-state index in [-0.39, 0.29) is 0 Å². The maximum atomic E-state index is 5.10. The third-order valence-electron chi connectivity index (χ3n) is 2.07. The number of nitrogens with zero attached hydrogens (tertiary/aromatic N) is 3. The Kier molecular flexibility index (Phi) is 4.83. The van der Waals surface area contributed by atoms with E-state index in [1.807, 2.05) is 4.90 Å². The summed E-state index contributed by atoms with van der Waals surface area (Å²) in [6, 6.07) is 0. The Morgan fingerprint density at radius 1 is 1.47 bits per heavy atom. The summed E-state index contributed by atoms with van der Waals surface area (Å²) in [5.74, 6) is 1.27. The molecule has 1 heterocycles. The first-order valence-electron chi connectivity index (χ1n) is 5.20. The van der Waals surface area contributed by atoms with E-state index in [1.54, 1.807) is 6.08 Å². The van der Waals surface area contributed by atoms with E-state index in [0.717, 1.165) is 19.6 Å². The van der Waals surface area contributed by atoms with Crippen LogP contribution in [-0.4, -0.2) is 29.8 Å². The lowest BCUT2D eigenvalue weighted by Crippen LogP contribution is -2.23. The van der Waals surface area contributed by atoms with E-state index in [4.69, 9.17) is 4.52 Å². The van der Waals surface area contributed by atoms with Crippen molar-refractivity contribution in [3.63, 3.8) is 0 Å². The Morgan fingerprint density at radius 3 is 2.80 bits per heavy atom. The molecule has 1 N–H and O–H groups in total. The Bertz CT molecular complexity index is 293. The second-order valence-electron chi connectivity index (χ2n) is 3.08. The minimum atomic E-state index is 0.584. The Labute approximate surface area is 90.2 Å². The summed E-state index contributed by atoms with van der Waals surface area (Å²) in [5, 5.41) is 7.02. The summed E-state index contributed by atoms with van der Waals surface area (Å²) >= 11 is 0. The van der Waals surface area contributed by atoms with Crippen LogP contribution in [0.5, 0.6) is 0 Å². The van der Waals surface area contributed by atoms with Crippen molar-refractivity contribution >= 4 is 5.95 Å². The van der Waals surface area contributed by atoms with Crippen molar-refractivity contribution in [2.75, 3.05) is 24.5 Å². The fourth-order valence-electron chi connectivity index (χ4n) is 1.23. The first-order chi connectivity index (χ1) is 7.31. The average Bonchev–Trinajstić information content (AvgIpc) is 2.69. The molecule has 0 unspecified atom stereocenters. The van der Waals surface area contributed by atoms with Crippen LogP contribution in [-0.2, 0) is 6.54 Å². The van der Waals surface area contributed by atoms with Crippen LogP contribution >= 0.6 is 0 Å². The van der Waals surface area contributed by atoms with Gasteiger partial charge in [0.1, 0.15) is 0 Å². The minimum Gasteiger partial charge on any atom is -0.339 e. The highest BCUT2D eigenvalue weighted by atomic mass is 16.5. The van der Waals surface area contributed by atoms with Crippen LogP contribution in [0.15, 0.2) is 17.2 Å². The normalized spacial score (nSPS) is 10.3. The lowest BCUT2D eigenvalue weighted by molar-refractivity contribution is 0.369. The van der Waals surface area contributed by atoms with Crippen molar-refractivity contribution in [2.45, 2.75) is 20.4 Å². The van der Waals surface area contributed by atoms with Crippen molar-refractivity contribution in [3.8, 4) is 0 Å². The Morgan fingerprint density at radius 2 is 2.20 bits per heavy atom. The molecule has 0 bridgehead atoms. The van der Waals surface area contributed by atoms with Gasteiger partial charge in [-0.2, -0.15) is 4.98 Å². The average molecular weight is 210 g/mol. The first kappa shape index (κ1) is 11.7. The van der Waals surface area contributed by atoms with Crippen LogP contribution in [0.4, 0.5) is 5.95 Å². The van der Waals surface area contributed by atoms with Gasteiger partial charge in [-0.15, -0.1) is 6.58 Å². The zero-order valence-electron chi connectivity index (χ0n) is 9.36. The van der Waals surface area contributed by atoms with Crippen LogP contribution in [0.2, 0.25) is 0 Å². The summed E-state index contributed by atoms with van der Waals surface area (Å²) < 4.78 is 5.10. The number of nitrogens with one attached hydrogen (secondary N) is 1. The molecule has 0 radical (unpaired) electrons. The van der Waals surface area contributed by atoms with Crippen LogP contribution in [0.1, 0.15) is 19.7 Å². The van der Waals surface area contributed by atoms with Crippen molar-refractivity contribution in [1.29, 1.82) is 0 Å². The summed E-state index contributed by atoms with van der Waals surface area (Å²) in [4.78, 5) is 6.32. The quantitative estimate of drug-likeness (QED) is 0.541. The molecule has 1 aromatic rings. The van der Waals surface area contributed by atoms with Crippen molar-refractivity contribution in [3.05, 3.63) is 18.5 Å². The lowest BCUT2D eigenvalue weighted by Gasteiger charge is -2.14. The maximum Gasteiger partial charge on any atom is 0.266 e. The second kappa shape index (κ2) is 6.19. The lowest BCUT2D eigenvalue weighted by atomic mass is 10.5. The van der Waals surface area contributed by atoms with E-state index in [1.165, 1.54) is 0 Å². The number of anilines is 1. The molecule has 0 fully saturated rings. The van der Waals surface area contributed by atoms with E-state index in [2.05, 4.69) is 35.9 Å². The number of aromatic nitrogens is 2. The molecule has 0 saturated carbocycles. The summed E-state index contributed by atoms with van der Waals surface area (Å²) in [7, 11) is 0. The molecule has 15 heavy (non-hydrogen) atoms. The molecule has 1 rings (SSSR count). The molecular formula is C10H18N4O. The minimum absolute atomic E-state index is 0.584. The van der Waals surface area contributed by atoms with Gasteiger partial charge in [0.2, 0.25) is 5.89 Å². The predicted octanol–water partition coefficient (Wildman–Crippen LogP) is 1.19. The molecule has 0 saturated heterocycles. The van der Waals surface area contributed by atoms with Crippen LogP contribution in [0.25, 0.3) is 0 Å². The molecular weight excluding hydrogens is 192 g/mol. The zero-order valence-corrected chi connectivity index (χ0v) is 9.36. The Balaban J connectivity index is 2.51. The molecule has 5 heteroatoms. The topological polar surface area (TPSA) is 54.2 Å². The second-order valence-corrected chi connectivity index (χ2v) is 3.08. The summed E-state index contributed by atoms with van der Waals surface area (Å²) in [6.45, 7) is 10.8. The van der Waals surface area contributed by atoms with E-state index >= 15 is 0 Å². The Hall–Kier alpha value is -1.36. The van der Waals surface area contributed by atoms with Gasteiger partial charge in [0, 0.05) is 19.6 Å². The van der Waals surface area contributed by atoms with Gasteiger partial charge in [-0.3, -0.25) is 0 Å². The fraction of sp³-hybridized carbons (Fsp3) is 0.600. The molecule has 0 amide bonds. The number of hydrogen-bond donors (Lipinski definition) is 1. The van der Waals surface area contributed by atoms with Gasteiger partial charge >= 0.3 is 0 Å². The molecule has 84 valence electrons. The molecule has 0 spiro atoms.